The smallest absolute Gasteiger partial charge is 0.238 e. The molecule has 2 aliphatic rings. The molecule has 1 saturated carbocycles. The van der Waals surface area contributed by atoms with Gasteiger partial charge in [0.25, 0.3) is 0 Å². The van der Waals surface area contributed by atoms with Gasteiger partial charge in [-0.15, -0.1) is 0 Å². The number of fused-ring (bicyclic) bond motifs is 1. The minimum atomic E-state index is -3.36. The number of nitrogens with zero attached hydrogens (tertiary/aromatic N) is 1. The lowest BCUT2D eigenvalue weighted by Gasteiger charge is -2.33. The van der Waals surface area contributed by atoms with E-state index in [0.717, 1.165) is 18.4 Å². The molecule has 0 bridgehead atoms. The summed E-state index contributed by atoms with van der Waals surface area (Å²) in [6.45, 7) is 0.562. The first kappa shape index (κ1) is 11.0. The maximum atomic E-state index is 12.1. The van der Waals surface area contributed by atoms with Crippen LogP contribution in [-0.2, 0) is 10.0 Å². The van der Waals surface area contributed by atoms with Crippen LogP contribution in [0, 0.1) is 5.92 Å². The second-order valence-electron chi connectivity index (χ2n) is 4.83. The van der Waals surface area contributed by atoms with Crippen LogP contribution in [0.3, 0.4) is 0 Å². The molecule has 17 heavy (non-hydrogen) atoms. The van der Waals surface area contributed by atoms with E-state index < -0.39 is 16.1 Å². The molecular formula is C12H15NO3S. The highest BCUT2D eigenvalue weighted by Crippen LogP contribution is 2.39. The highest BCUT2D eigenvalue weighted by atomic mass is 32.2. The second kappa shape index (κ2) is 3.71. The van der Waals surface area contributed by atoms with Gasteiger partial charge < -0.3 is 5.11 Å². The highest BCUT2D eigenvalue weighted by molar-refractivity contribution is 7.92. The Morgan fingerprint density at radius 2 is 2.00 bits per heavy atom. The fourth-order valence-corrected chi connectivity index (χ4v) is 3.93. The van der Waals surface area contributed by atoms with E-state index in [1.54, 1.807) is 12.1 Å². The average Bonchev–Trinajstić information content (AvgIpc) is 3.07. The fraction of sp³-hybridized carbons (Fsp3) is 0.500. The number of sulfonamides is 1. The summed E-state index contributed by atoms with van der Waals surface area (Å²) in [6, 6.07) is 7.22. The van der Waals surface area contributed by atoms with E-state index in [0.29, 0.717) is 18.2 Å². The number of rotatable bonds is 2. The molecule has 1 aromatic carbocycles. The topological polar surface area (TPSA) is 57.6 Å². The highest BCUT2D eigenvalue weighted by Gasteiger charge is 2.37. The van der Waals surface area contributed by atoms with Crippen LogP contribution in [0.25, 0.3) is 0 Å². The Kier molecular flexibility index (Phi) is 2.41. The number of benzene rings is 1. The van der Waals surface area contributed by atoms with Crippen LogP contribution in [0.2, 0.25) is 0 Å². The van der Waals surface area contributed by atoms with Crippen molar-refractivity contribution in [1.82, 2.24) is 0 Å². The molecule has 1 aliphatic carbocycles. The number of aliphatic hydroxyl groups is 1. The first-order valence-electron chi connectivity index (χ1n) is 5.85. The zero-order chi connectivity index (χ0) is 12.0. The molecule has 0 saturated heterocycles. The molecule has 1 fully saturated rings. The van der Waals surface area contributed by atoms with Crippen molar-refractivity contribution in [2.45, 2.75) is 18.9 Å². The van der Waals surface area contributed by atoms with Crippen molar-refractivity contribution in [3.63, 3.8) is 0 Å². The van der Waals surface area contributed by atoms with Crippen molar-refractivity contribution in [3.8, 4) is 0 Å². The van der Waals surface area contributed by atoms with Gasteiger partial charge in [0, 0.05) is 12.1 Å². The number of hydrogen-bond donors (Lipinski definition) is 1. The molecule has 1 aliphatic heterocycles. The summed E-state index contributed by atoms with van der Waals surface area (Å²) >= 11 is 0. The molecule has 1 N–H and O–H groups in total. The van der Waals surface area contributed by atoms with Crippen LogP contribution < -0.4 is 4.31 Å². The predicted octanol–water partition coefficient (Wildman–Crippen LogP) is 1.28. The standard InChI is InChI=1S/C12H15NO3S/c14-12-8-17(15,16)13(7-9-5-6-9)11-4-2-1-3-10(11)12/h1-4,9,12,14H,5-8H2/t12-/m1/s1. The maximum Gasteiger partial charge on any atom is 0.238 e. The summed E-state index contributed by atoms with van der Waals surface area (Å²) in [7, 11) is -3.36. The molecule has 1 aromatic rings. The molecule has 0 spiro atoms. The molecule has 0 unspecified atom stereocenters. The van der Waals surface area contributed by atoms with E-state index in [-0.39, 0.29) is 5.75 Å². The Morgan fingerprint density at radius 1 is 1.29 bits per heavy atom. The van der Waals surface area contributed by atoms with E-state index in [1.165, 1.54) is 4.31 Å². The summed E-state index contributed by atoms with van der Waals surface area (Å²) < 4.78 is 25.6. The quantitative estimate of drug-likeness (QED) is 0.863. The molecular weight excluding hydrogens is 238 g/mol. The van der Waals surface area contributed by atoms with Crippen molar-refractivity contribution in [3.05, 3.63) is 29.8 Å². The molecule has 92 valence electrons. The Balaban J connectivity index is 2.06. The third-order valence-corrected chi connectivity index (χ3v) is 5.14. The van der Waals surface area contributed by atoms with E-state index in [1.807, 2.05) is 12.1 Å². The molecule has 3 rings (SSSR count). The van der Waals surface area contributed by atoms with E-state index in [4.69, 9.17) is 0 Å². The lowest BCUT2D eigenvalue weighted by atomic mass is 10.1. The first-order valence-corrected chi connectivity index (χ1v) is 7.46. The predicted molar refractivity (Wildman–Crippen MR) is 65.3 cm³/mol. The Morgan fingerprint density at radius 3 is 2.71 bits per heavy atom. The van der Waals surface area contributed by atoms with Crippen LogP contribution in [0.15, 0.2) is 24.3 Å². The van der Waals surface area contributed by atoms with Crippen molar-refractivity contribution in [2.75, 3.05) is 16.6 Å². The third-order valence-electron chi connectivity index (χ3n) is 3.39. The Hall–Kier alpha value is -1.07. The Labute approximate surface area is 101 Å². The van der Waals surface area contributed by atoms with Crippen LogP contribution in [0.5, 0.6) is 0 Å². The third kappa shape index (κ3) is 1.93. The molecule has 0 amide bonds. The molecule has 1 heterocycles. The van der Waals surface area contributed by atoms with Gasteiger partial charge in [0.1, 0.15) is 0 Å². The second-order valence-corrected chi connectivity index (χ2v) is 6.77. The van der Waals surface area contributed by atoms with Gasteiger partial charge in [-0.3, -0.25) is 4.31 Å². The van der Waals surface area contributed by atoms with E-state index in [9.17, 15) is 13.5 Å². The van der Waals surface area contributed by atoms with Crippen LogP contribution >= 0.6 is 0 Å². The maximum absolute atomic E-state index is 12.1. The van der Waals surface area contributed by atoms with Crippen LogP contribution in [-0.4, -0.2) is 25.8 Å². The Bertz CT molecular complexity index is 536. The van der Waals surface area contributed by atoms with Gasteiger partial charge in [0.2, 0.25) is 10.0 Å². The fourth-order valence-electron chi connectivity index (χ4n) is 2.27. The molecule has 4 nitrogen and oxygen atoms in total. The number of anilines is 1. The van der Waals surface area contributed by atoms with Crippen molar-refractivity contribution >= 4 is 15.7 Å². The first-order chi connectivity index (χ1) is 8.08. The minimum Gasteiger partial charge on any atom is -0.387 e. The molecule has 1 atom stereocenters. The van der Waals surface area contributed by atoms with Crippen molar-refractivity contribution in [2.24, 2.45) is 5.92 Å². The average molecular weight is 253 g/mol. The summed E-state index contributed by atoms with van der Waals surface area (Å²) in [5, 5.41) is 9.86. The zero-order valence-corrected chi connectivity index (χ0v) is 10.2. The SMILES string of the molecule is O=S1(=O)C[C@@H](O)c2ccccc2N1CC1CC1. The summed E-state index contributed by atoms with van der Waals surface area (Å²) in [6.07, 6.45) is 1.32. The van der Waals surface area contributed by atoms with E-state index in [2.05, 4.69) is 0 Å². The monoisotopic (exact) mass is 253 g/mol. The van der Waals surface area contributed by atoms with Gasteiger partial charge in [0.15, 0.2) is 0 Å². The summed E-state index contributed by atoms with van der Waals surface area (Å²) in [5.74, 6) is 0.296. The van der Waals surface area contributed by atoms with Gasteiger partial charge in [-0.2, -0.15) is 0 Å². The van der Waals surface area contributed by atoms with Gasteiger partial charge >= 0.3 is 0 Å². The van der Waals surface area contributed by atoms with Gasteiger partial charge in [-0.25, -0.2) is 8.42 Å². The number of hydrogen-bond acceptors (Lipinski definition) is 3. The van der Waals surface area contributed by atoms with Gasteiger partial charge in [0.05, 0.1) is 17.5 Å². The molecule has 5 heteroatoms. The van der Waals surface area contributed by atoms with E-state index >= 15 is 0 Å². The molecule has 0 aromatic heterocycles. The lowest BCUT2D eigenvalue weighted by molar-refractivity contribution is 0.200. The van der Waals surface area contributed by atoms with Crippen molar-refractivity contribution in [1.29, 1.82) is 0 Å². The van der Waals surface area contributed by atoms with Gasteiger partial charge in [-0.1, -0.05) is 18.2 Å². The molecule has 0 radical (unpaired) electrons. The minimum absolute atomic E-state index is 0.198. The number of aliphatic hydroxyl groups excluding tert-OH is 1. The number of para-hydroxylation sites is 1. The summed E-state index contributed by atoms with van der Waals surface area (Å²) in [4.78, 5) is 0. The van der Waals surface area contributed by atoms with Crippen molar-refractivity contribution < 1.29 is 13.5 Å². The largest absolute Gasteiger partial charge is 0.387 e. The normalized spacial score (nSPS) is 26.6. The summed E-state index contributed by atoms with van der Waals surface area (Å²) in [5.41, 5.74) is 1.38. The van der Waals surface area contributed by atoms with Crippen LogP contribution in [0.4, 0.5) is 5.69 Å². The zero-order valence-electron chi connectivity index (χ0n) is 9.41. The van der Waals surface area contributed by atoms with Crippen LogP contribution in [0.1, 0.15) is 24.5 Å². The van der Waals surface area contributed by atoms with Gasteiger partial charge in [-0.05, 0) is 24.8 Å². The lowest BCUT2D eigenvalue weighted by Crippen LogP contribution is -2.40.